The van der Waals surface area contributed by atoms with E-state index in [-0.39, 0.29) is 11.6 Å². The van der Waals surface area contributed by atoms with Crippen molar-refractivity contribution in [3.63, 3.8) is 0 Å². The van der Waals surface area contributed by atoms with Crippen LogP contribution >= 0.6 is 11.8 Å². The number of benzene rings is 2. The van der Waals surface area contributed by atoms with Gasteiger partial charge in [0.05, 0.1) is 17.2 Å². The lowest BCUT2D eigenvalue weighted by Gasteiger charge is -2.16. The van der Waals surface area contributed by atoms with Crippen LogP contribution in [0.4, 0.5) is 11.4 Å². The van der Waals surface area contributed by atoms with E-state index >= 15 is 0 Å². The van der Waals surface area contributed by atoms with Gasteiger partial charge in [-0.15, -0.1) is 0 Å². The second-order valence-corrected chi connectivity index (χ2v) is 7.02. The molecule has 0 spiro atoms. The van der Waals surface area contributed by atoms with Gasteiger partial charge in [-0.2, -0.15) is 0 Å². The van der Waals surface area contributed by atoms with E-state index in [0.717, 1.165) is 29.5 Å². The van der Waals surface area contributed by atoms with E-state index in [1.54, 1.807) is 30.0 Å². The van der Waals surface area contributed by atoms with Gasteiger partial charge in [0.25, 0.3) is 5.69 Å². The number of amides is 1. The minimum Gasteiger partial charge on any atom is -0.323 e. The smallest absolute Gasteiger partial charge is 0.269 e. The molecule has 140 valence electrons. The highest BCUT2D eigenvalue weighted by Gasteiger charge is 2.26. The maximum atomic E-state index is 12.1. The van der Waals surface area contributed by atoms with Gasteiger partial charge >= 0.3 is 0 Å². The van der Waals surface area contributed by atoms with Crippen LogP contribution < -0.4 is 5.32 Å². The summed E-state index contributed by atoms with van der Waals surface area (Å²) in [5, 5.41) is 16.6. The number of nitrogens with one attached hydrogen (secondary N) is 1. The normalized spacial score (nSPS) is 15.4. The van der Waals surface area contributed by atoms with Crippen molar-refractivity contribution in [2.45, 2.75) is 0 Å². The molecule has 1 N–H and O–H groups in total. The fraction of sp³-hybridized carbons (Fsp3) is 0.100. The third-order valence-electron chi connectivity index (χ3n) is 4.35. The maximum Gasteiger partial charge on any atom is 0.269 e. The lowest BCUT2D eigenvalue weighted by molar-refractivity contribution is -0.384. The van der Waals surface area contributed by atoms with Crippen molar-refractivity contribution < 1.29 is 9.72 Å². The standard InChI is InChI=1S/C20H16N4O3S/c25-19(10-3-14-1-8-17(9-2-14)24(26)27)22-16-6-4-15(5-7-16)18-13-28-20-21-11-12-23(18)20/h1-10,13H,11-12H2,(H,22,25). The molecule has 2 aromatic rings. The first-order valence-electron chi connectivity index (χ1n) is 8.63. The van der Waals surface area contributed by atoms with Crippen LogP contribution in [-0.2, 0) is 4.79 Å². The summed E-state index contributed by atoms with van der Waals surface area (Å²) >= 11 is 1.64. The summed E-state index contributed by atoms with van der Waals surface area (Å²) in [5.74, 6) is -0.268. The van der Waals surface area contributed by atoms with E-state index in [9.17, 15) is 14.9 Å². The van der Waals surface area contributed by atoms with Crippen molar-refractivity contribution in [3.05, 3.63) is 81.3 Å². The molecule has 0 unspecified atom stereocenters. The summed E-state index contributed by atoms with van der Waals surface area (Å²) in [6, 6.07) is 13.7. The van der Waals surface area contributed by atoms with E-state index in [4.69, 9.17) is 0 Å². The number of fused-ring (bicyclic) bond motifs is 1. The Balaban J connectivity index is 1.37. The monoisotopic (exact) mass is 392 g/mol. The Labute approximate surface area is 165 Å². The molecule has 0 aliphatic carbocycles. The molecule has 0 fully saturated rings. The predicted molar refractivity (Wildman–Crippen MR) is 112 cm³/mol. The Bertz CT molecular complexity index is 1010. The predicted octanol–water partition coefficient (Wildman–Crippen LogP) is 3.96. The number of nitro benzene ring substituents is 1. The number of hydrogen-bond acceptors (Lipinski definition) is 6. The van der Waals surface area contributed by atoms with Gasteiger partial charge in [-0.3, -0.25) is 19.9 Å². The summed E-state index contributed by atoms with van der Waals surface area (Å²) in [7, 11) is 0. The summed E-state index contributed by atoms with van der Waals surface area (Å²) in [5.41, 5.74) is 3.65. The van der Waals surface area contributed by atoms with Crippen LogP contribution in [0, 0.1) is 10.1 Å². The Morgan fingerprint density at radius 2 is 1.93 bits per heavy atom. The van der Waals surface area contributed by atoms with Crippen molar-refractivity contribution >= 4 is 46.0 Å². The number of rotatable bonds is 5. The quantitative estimate of drug-likeness (QED) is 0.473. The van der Waals surface area contributed by atoms with Crippen LogP contribution in [-0.4, -0.2) is 34.0 Å². The van der Waals surface area contributed by atoms with Crippen molar-refractivity contribution in [3.8, 4) is 0 Å². The molecule has 8 heteroatoms. The van der Waals surface area contributed by atoms with Crippen LogP contribution in [0.25, 0.3) is 11.8 Å². The number of non-ortho nitro benzene ring substituents is 1. The summed E-state index contributed by atoms with van der Waals surface area (Å²) in [6.07, 6.45) is 3.01. The number of carbonyl (C=O) groups is 1. The molecule has 28 heavy (non-hydrogen) atoms. The van der Waals surface area contributed by atoms with Crippen LogP contribution in [0.1, 0.15) is 11.1 Å². The molecule has 1 amide bonds. The van der Waals surface area contributed by atoms with Crippen LogP contribution in [0.2, 0.25) is 0 Å². The van der Waals surface area contributed by atoms with Crippen molar-refractivity contribution in [1.82, 2.24) is 4.90 Å². The first-order valence-corrected chi connectivity index (χ1v) is 9.51. The fourth-order valence-electron chi connectivity index (χ4n) is 2.93. The van der Waals surface area contributed by atoms with Gasteiger partial charge in [0, 0.05) is 35.8 Å². The molecule has 2 heterocycles. The number of hydrogen-bond donors (Lipinski definition) is 1. The topological polar surface area (TPSA) is 87.8 Å². The van der Waals surface area contributed by atoms with E-state index in [0.29, 0.717) is 11.3 Å². The molecule has 7 nitrogen and oxygen atoms in total. The number of aliphatic imine (C=N–C) groups is 1. The van der Waals surface area contributed by atoms with E-state index in [1.165, 1.54) is 18.2 Å². The molecule has 0 aromatic heterocycles. The molecular weight excluding hydrogens is 376 g/mol. The van der Waals surface area contributed by atoms with Gasteiger partial charge in [0.2, 0.25) is 5.91 Å². The minimum atomic E-state index is -0.457. The molecule has 2 aliphatic rings. The lowest BCUT2D eigenvalue weighted by Crippen LogP contribution is -2.19. The van der Waals surface area contributed by atoms with Gasteiger partial charge in [0.1, 0.15) is 0 Å². The van der Waals surface area contributed by atoms with Gasteiger partial charge in [-0.25, -0.2) is 0 Å². The molecule has 0 radical (unpaired) electrons. The van der Waals surface area contributed by atoms with Crippen LogP contribution in [0.3, 0.4) is 0 Å². The third kappa shape index (κ3) is 3.81. The summed E-state index contributed by atoms with van der Waals surface area (Å²) < 4.78 is 0. The number of nitrogens with zero attached hydrogens (tertiary/aromatic N) is 3. The molecule has 4 rings (SSSR count). The lowest BCUT2D eigenvalue weighted by atomic mass is 10.1. The highest BCUT2D eigenvalue weighted by Crippen LogP contribution is 2.35. The highest BCUT2D eigenvalue weighted by molar-refractivity contribution is 8.16. The van der Waals surface area contributed by atoms with Gasteiger partial charge in [0.15, 0.2) is 5.17 Å². The van der Waals surface area contributed by atoms with E-state index in [1.807, 2.05) is 24.3 Å². The first-order chi connectivity index (χ1) is 13.6. The zero-order valence-corrected chi connectivity index (χ0v) is 15.6. The molecular formula is C20H16N4O3S. The first kappa shape index (κ1) is 18.0. The number of amidine groups is 1. The Hall–Kier alpha value is -3.39. The maximum absolute atomic E-state index is 12.1. The van der Waals surface area contributed by atoms with Crippen LogP contribution in [0.5, 0.6) is 0 Å². The number of thioether (sulfide) groups is 1. The van der Waals surface area contributed by atoms with Crippen molar-refractivity contribution in [2.24, 2.45) is 4.99 Å². The average Bonchev–Trinajstić information content (AvgIpc) is 3.31. The minimum absolute atomic E-state index is 0.0183. The van der Waals surface area contributed by atoms with Crippen molar-refractivity contribution in [2.75, 3.05) is 18.4 Å². The average molecular weight is 392 g/mol. The number of nitro groups is 1. The Morgan fingerprint density at radius 1 is 1.18 bits per heavy atom. The number of carbonyl (C=O) groups excluding carboxylic acids is 1. The van der Waals surface area contributed by atoms with E-state index in [2.05, 4.69) is 20.6 Å². The molecule has 2 aliphatic heterocycles. The molecule has 0 saturated carbocycles. The molecule has 0 bridgehead atoms. The summed E-state index contributed by atoms with van der Waals surface area (Å²) in [6.45, 7) is 1.73. The number of anilines is 1. The fourth-order valence-corrected chi connectivity index (χ4v) is 3.90. The van der Waals surface area contributed by atoms with Gasteiger partial charge in [-0.05, 0) is 41.5 Å². The third-order valence-corrected chi connectivity index (χ3v) is 5.25. The van der Waals surface area contributed by atoms with Crippen molar-refractivity contribution in [1.29, 1.82) is 0 Å². The molecule has 0 saturated heterocycles. The molecule has 2 aromatic carbocycles. The van der Waals surface area contributed by atoms with E-state index < -0.39 is 4.92 Å². The zero-order chi connectivity index (χ0) is 19.5. The zero-order valence-electron chi connectivity index (χ0n) is 14.7. The van der Waals surface area contributed by atoms with Gasteiger partial charge < -0.3 is 10.2 Å². The highest BCUT2D eigenvalue weighted by atomic mass is 32.2. The molecule has 0 atom stereocenters. The largest absolute Gasteiger partial charge is 0.323 e. The second kappa shape index (κ2) is 7.69. The van der Waals surface area contributed by atoms with Crippen LogP contribution in [0.15, 0.2) is 65.0 Å². The Morgan fingerprint density at radius 3 is 2.64 bits per heavy atom. The SMILES string of the molecule is O=C(C=Cc1ccc([N+](=O)[O-])cc1)Nc1ccc(C2=CSC3=NCCN23)cc1. The van der Waals surface area contributed by atoms with Gasteiger partial charge in [-0.1, -0.05) is 23.9 Å². The summed E-state index contributed by atoms with van der Waals surface area (Å²) in [4.78, 5) is 28.9. The second-order valence-electron chi connectivity index (χ2n) is 6.19. The Kier molecular flexibility index (Phi) is 4.94.